The van der Waals surface area contributed by atoms with Crippen LogP contribution in [0.25, 0.3) is 0 Å². The maximum atomic E-state index is 12.4. The van der Waals surface area contributed by atoms with Gasteiger partial charge in [-0.2, -0.15) is 0 Å². The molecular weight excluding hydrogens is 258 g/mol. The minimum atomic E-state index is -0.535. The van der Waals surface area contributed by atoms with Gasteiger partial charge in [-0.05, 0) is 31.0 Å². The Labute approximate surface area is 116 Å². The molecule has 0 bridgehead atoms. The highest BCUT2D eigenvalue weighted by molar-refractivity contribution is 5.99. The second kappa shape index (κ2) is 5.73. The van der Waals surface area contributed by atoms with Gasteiger partial charge in [-0.15, -0.1) is 0 Å². The highest BCUT2D eigenvalue weighted by Crippen LogP contribution is 2.21. The van der Waals surface area contributed by atoms with Crippen LogP contribution in [0.3, 0.4) is 0 Å². The monoisotopic (exact) mass is 275 g/mol. The molecule has 6 nitrogen and oxygen atoms in total. The maximum absolute atomic E-state index is 12.4. The van der Waals surface area contributed by atoms with Gasteiger partial charge in [0, 0.05) is 24.7 Å². The molecule has 1 aliphatic rings. The smallest absolute Gasteiger partial charge is 0.254 e. The van der Waals surface area contributed by atoms with Crippen LogP contribution < -0.4 is 11.1 Å². The van der Waals surface area contributed by atoms with E-state index in [1.165, 1.54) is 11.8 Å². The molecule has 1 aliphatic heterocycles. The van der Waals surface area contributed by atoms with Crippen LogP contribution in [0.5, 0.6) is 0 Å². The van der Waals surface area contributed by atoms with E-state index in [1.807, 2.05) is 0 Å². The lowest BCUT2D eigenvalue weighted by atomic mass is 10.1. The van der Waals surface area contributed by atoms with E-state index in [2.05, 4.69) is 5.32 Å². The quantitative estimate of drug-likeness (QED) is 0.852. The molecule has 3 amide bonds. The van der Waals surface area contributed by atoms with Gasteiger partial charge in [0.15, 0.2) is 0 Å². The van der Waals surface area contributed by atoms with E-state index >= 15 is 0 Å². The standard InChI is InChI=1S/C14H17N3O3/c1-9(18)16-11-5-2-4-10(8-11)14(20)17-7-3-6-12(17)13(15)19/h2,4-5,8,12H,3,6-7H2,1H3,(H2,15,19)(H,16,18). The average Bonchev–Trinajstić information content (AvgIpc) is 2.86. The molecule has 1 heterocycles. The Kier molecular flexibility index (Phi) is 4.02. The molecule has 1 atom stereocenters. The summed E-state index contributed by atoms with van der Waals surface area (Å²) in [5.74, 6) is -0.918. The molecule has 0 aromatic heterocycles. The molecule has 6 heteroatoms. The normalized spacial score (nSPS) is 17.9. The molecule has 0 radical (unpaired) electrons. The minimum Gasteiger partial charge on any atom is -0.368 e. The second-order valence-corrected chi connectivity index (χ2v) is 4.82. The Balaban J connectivity index is 2.20. The number of anilines is 1. The Morgan fingerprint density at radius 1 is 1.35 bits per heavy atom. The van der Waals surface area contributed by atoms with Gasteiger partial charge in [0.2, 0.25) is 11.8 Å². The molecule has 106 valence electrons. The lowest BCUT2D eigenvalue weighted by Crippen LogP contribution is -2.43. The van der Waals surface area contributed by atoms with Gasteiger partial charge in [-0.25, -0.2) is 0 Å². The number of nitrogens with one attached hydrogen (secondary N) is 1. The van der Waals surface area contributed by atoms with Crippen molar-refractivity contribution in [1.29, 1.82) is 0 Å². The summed E-state index contributed by atoms with van der Waals surface area (Å²) in [6.45, 7) is 1.93. The minimum absolute atomic E-state index is 0.203. The summed E-state index contributed by atoms with van der Waals surface area (Å²) in [7, 11) is 0. The first-order valence-electron chi connectivity index (χ1n) is 6.47. The summed E-state index contributed by atoms with van der Waals surface area (Å²) < 4.78 is 0. The number of hydrogen-bond acceptors (Lipinski definition) is 3. The van der Waals surface area contributed by atoms with Crippen LogP contribution >= 0.6 is 0 Å². The van der Waals surface area contributed by atoms with Crippen molar-refractivity contribution in [2.24, 2.45) is 5.73 Å². The molecule has 3 N–H and O–H groups in total. The lowest BCUT2D eigenvalue weighted by molar-refractivity contribution is -0.121. The molecule has 2 rings (SSSR count). The van der Waals surface area contributed by atoms with Gasteiger partial charge in [0.25, 0.3) is 5.91 Å². The van der Waals surface area contributed by atoms with E-state index in [4.69, 9.17) is 5.73 Å². The van der Waals surface area contributed by atoms with Crippen LogP contribution in [0.1, 0.15) is 30.1 Å². The highest BCUT2D eigenvalue weighted by atomic mass is 16.2. The van der Waals surface area contributed by atoms with Crippen LogP contribution in [-0.2, 0) is 9.59 Å². The fourth-order valence-electron chi connectivity index (χ4n) is 2.40. The predicted molar refractivity (Wildman–Crippen MR) is 74.0 cm³/mol. The van der Waals surface area contributed by atoms with Crippen LogP contribution in [-0.4, -0.2) is 35.2 Å². The highest BCUT2D eigenvalue weighted by Gasteiger charge is 2.33. The molecule has 0 saturated carbocycles. The van der Waals surface area contributed by atoms with Gasteiger partial charge < -0.3 is 16.0 Å². The Morgan fingerprint density at radius 2 is 2.10 bits per heavy atom. The molecule has 1 saturated heterocycles. The Bertz CT molecular complexity index is 556. The van der Waals surface area contributed by atoms with Crippen molar-refractivity contribution < 1.29 is 14.4 Å². The van der Waals surface area contributed by atoms with Gasteiger partial charge in [0.05, 0.1) is 0 Å². The van der Waals surface area contributed by atoms with Crippen LogP contribution in [0, 0.1) is 0 Å². The third-order valence-corrected chi connectivity index (χ3v) is 3.27. The third kappa shape index (κ3) is 2.96. The molecule has 1 fully saturated rings. The molecule has 0 spiro atoms. The number of carbonyl (C=O) groups excluding carboxylic acids is 3. The third-order valence-electron chi connectivity index (χ3n) is 3.27. The number of benzene rings is 1. The second-order valence-electron chi connectivity index (χ2n) is 4.82. The molecule has 0 aliphatic carbocycles. The molecule has 1 aromatic carbocycles. The number of carbonyl (C=O) groups is 3. The zero-order valence-electron chi connectivity index (χ0n) is 11.3. The van der Waals surface area contributed by atoms with Crippen molar-refractivity contribution in [1.82, 2.24) is 4.90 Å². The van der Waals surface area contributed by atoms with E-state index < -0.39 is 11.9 Å². The summed E-state index contributed by atoms with van der Waals surface area (Å²) >= 11 is 0. The van der Waals surface area contributed by atoms with E-state index in [1.54, 1.807) is 24.3 Å². The van der Waals surface area contributed by atoms with Gasteiger partial charge in [0.1, 0.15) is 6.04 Å². The van der Waals surface area contributed by atoms with Crippen LogP contribution in [0.4, 0.5) is 5.69 Å². The fourth-order valence-corrected chi connectivity index (χ4v) is 2.40. The topological polar surface area (TPSA) is 92.5 Å². The first-order valence-corrected chi connectivity index (χ1v) is 6.47. The summed E-state index contributed by atoms with van der Waals surface area (Å²) in [5, 5.41) is 2.62. The van der Waals surface area contributed by atoms with E-state index in [9.17, 15) is 14.4 Å². The number of rotatable bonds is 3. The first kappa shape index (κ1) is 14.0. The lowest BCUT2D eigenvalue weighted by Gasteiger charge is -2.22. The van der Waals surface area contributed by atoms with Crippen molar-refractivity contribution in [2.75, 3.05) is 11.9 Å². The number of likely N-dealkylation sites (tertiary alicyclic amines) is 1. The SMILES string of the molecule is CC(=O)Nc1cccc(C(=O)N2CCCC2C(N)=O)c1. The predicted octanol–water partition coefficient (Wildman–Crippen LogP) is 0.735. The number of nitrogens with zero attached hydrogens (tertiary/aromatic N) is 1. The zero-order valence-corrected chi connectivity index (χ0v) is 11.3. The summed E-state index contributed by atoms with van der Waals surface area (Å²) in [6.07, 6.45) is 1.37. The summed E-state index contributed by atoms with van der Waals surface area (Å²) in [4.78, 5) is 36.3. The molecular formula is C14H17N3O3. The maximum Gasteiger partial charge on any atom is 0.254 e. The van der Waals surface area contributed by atoms with Crippen molar-refractivity contribution in [2.45, 2.75) is 25.8 Å². The van der Waals surface area contributed by atoms with E-state index in [0.29, 0.717) is 24.2 Å². The Hall–Kier alpha value is -2.37. The van der Waals surface area contributed by atoms with E-state index in [0.717, 1.165) is 6.42 Å². The van der Waals surface area contributed by atoms with Crippen LogP contribution in [0.15, 0.2) is 24.3 Å². The van der Waals surface area contributed by atoms with Crippen LogP contribution in [0.2, 0.25) is 0 Å². The van der Waals surface area contributed by atoms with Gasteiger partial charge in [-0.3, -0.25) is 14.4 Å². The van der Waals surface area contributed by atoms with Crippen molar-refractivity contribution in [3.05, 3.63) is 29.8 Å². The largest absolute Gasteiger partial charge is 0.368 e. The number of amides is 3. The zero-order chi connectivity index (χ0) is 14.7. The summed E-state index contributed by atoms with van der Waals surface area (Å²) in [5.41, 5.74) is 6.30. The van der Waals surface area contributed by atoms with Gasteiger partial charge >= 0.3 is 0 Å². The fraction of sp³-hybridized carbons (Fsp3) is 0.357. The van der Waals surface area contributed by atoms with Crippen molar-refractivity contribution in [3.63, 3.8) is 0 Å². The molecule has 20 heavy (non-hydrogen) atoms. The number of nitrogens with two attached hydrogens (primary N) is 1. The molecule has 1 aromatic rings. The Morgan fingerprint density at radius 3 is 2.75 bits per heavy atom. The number of hydrogen-bond donors (Lipinski definition) is 2. The number of primary amides is 1. The van der Waals surface area contributed by atoms with E-state index in [-0.39, 0.29) is 11.8 Å². The first-order chi connectivity index (χ1) is 9.49. The molecule has 1 unspecified atom stereocenters. The summed E-state index contributed by atoms with van der Waals surface area (Å²) in [6, 6.07) is 6.11. The van der Waals surface area contributed by atoms with Crippen molar-refractivity contribution >= 4 is 23.4 Å². The average molecular weight is 275 g/mol. The van der Waals surface area contributed by atoms with Crippen molar-refractivity contribution in [3.8, 4) is 0 Å². The van der Waals surface area contributed by atoms with Gasteiger partial charge in [-0.1, -0.05) is 6.07 Å².